The predicted octanol–water partition coefficient (Wildman–Crippen LogP) is -1.40. The third-order valence-electron chi connectivity index (χ3n) is 2.15. The summed E-state index contributed by atoms with van der Waals surface area (Å²) < 4.78 is 4.83. The van der Waals surface area contributed by atoms with Gasteiger partial charge in [-0.2, -0.15) is 0 Å². The van der Waals surface area contributed by atoms with Crippen molar-refractivity contribution in [3.05, 3.63) is 0 Å². The Hall–Kier alpha value is -0.850. The maximum Gasteiger partial charge on any atom is 0.239 e. The lowest BCUT2D eigenvalue weighted by Gasteiger charge is -2.26. The fourth-order valence-electron chi connectivity index (χ4n) is 1.33. The lowest BCUT2D eigenvalue weighted by atomic mass is 10.3. The van der Waals surface area contributed by atoms with E-state index in [1.807, 2.05) is 0 Å². The summed E-state index contributed by atoms with van der Waals surface area (Å²) in [5.74, 6) is -0.132. The number of hydrogen-bond acceptors (Lipinski definition) is 4. The Morgan fingerprint density at radius 3 is 3.00 bits per heavy atom. The van der Waals surface area contributed by atoms with E-state index in [1.54, 1.807) is 12.0 Å². The molecule has 0 radical (unpaired) electrons. The number of piperazine rings is 1. The molecule has 16 heavy (non-hydrogen) atoms. The Kier molecular flexibility index (Phi) is 7.88. The van der Waals surface area contributed by atoms with Gasteiger partial charge in [0.05, 0.1) is 19.7 Å². The highest BCUT2D eigenvalue weighted by molar-refractivity contribution is 5.86. The van der Waals surface area contributed by atoms with E-state index in [9.17, 15) is 9.59 Å². The van der Waals surface area contributed by atoms with Crippen molar-refractivity contribution in [3.63, 3.8) is 0 Å². The number of methoxy groups -OCH3 is 1. The number of ether oxygens (including phenoxy) is 1. The lowest BCUT2D eigenvalue weighted by Crippen LogP contribution is -2.52. The Morgan fingerprint density at radius 1 is 1.62 bits per heavy atom. The molecular formula is C9H18ClN3O3. The van der Waals surface area contributed by atoms with Gasteiger partial charge in [0, 0.05) is 26.7 Å². The molecular weight excluding hydrogens is 234 g/mol. The molecule has 0 aromatic heterocycles. The molecule has 0 unspecified atom stereocenters. The fraction of sp³-hybridized carbons (Fsp3) is 0.778. The van der Waals surface area contributed by atoms with Crippen LogP contribution in [0, 0.1) is 0 Å². The van der Waals surface area contributed by atoms with Gasteiger partial charge < -0.3 is 20.3 Å². The van der Waals surface area contributed by atoms with Gasteiger partial charge in [-0.25, -0.2) is 0 Å². The molecule has 0 spiro atoms. The summed E-state index contributed by atoms with van der Waals surface area (Å²) in [4.78, 5) is 24.1. The van der Waals surface area contributed by atoms with Crippen LogP contribution in [0.5, 0.6) is 0 Å². The molecule has 0 atom stereocenters. The number of carbonyl (C=O) groups excluding carboxylic acids is 2. The fourth-order valence-corrected chi connectivity index (χ4v) is 1.33. The van der Waals surface area contributed by atoms with Gasteiger partial charge in [0.15, 0.2) is 0 Å². The molecule has 2 amide bonds. The Balaban J connectivity index is 0.00000225. The number of amides is 2. The van der Waals surface area contributed by atoms with E-state index < -0.39 is 0 Å². The first-order valence-corrected chi connectivity index (χ1v) is 4.98. The molecule has 1 saturated heterocycles. The van der Waals surface area contributed by atoms with Gasteiger partial charge in [-0.05, 0) is 0 Å². The zero-order valence-electron chi connectivity index (χ0n) is 9.32. The molecule has 1 aliphatic rings. The zero-order chi connectivity index (χ0) is 11.1. The first-order chi connectivity index (χ1) is 7.24. The van der Waals surface area contributed by atoms with Crippen molar-refractivity contribution in [2.24, 2.45) is 0 Å². The molecule has 7 heteroatoms. The minimum absolute atomic E-state index is 0. The Morgan fingerprint density at radius 2 is 2.38 bits per heavy atom. The minimum Gasteiger partial charge on any atom is -0.383 e. The Labute approximate surface area is 101 Å². The van der Waals surface area contributed by atoms with Crippen LogP contribution in [0.3, 0.4) is 0 Å². The third-order valence-corrected chi connectivity index (χ3v) is 2.15. The second kappa shape index (κ2) is 8.32. The minimum atomic E-state index is -0.0912. The van der Waals surface area contributed by atoms with Crippen molar-refractivity contribution in [3.8, 4) is 0 Å². The van der Waals surface area contributed by atoms with Crippen molar-refractivity contribution >= 4 is 24.2 Å². The van der Waals surface area contributed by atoms with Crippen molar-refractivity contribution < 1.29 is 14.3 Å². The number of hydrogen-bond donors (Lipinski definition) is 2. The van der Waals surface area contributed by atoms with Crippen LogP contribution in [-0.4, -0.2) is 63.2 Å². The summed E-state index contributed by atoms with van der Waals surface area (Å²) in [6.45, 7) is 2.79. The smallest absolute Gasteiger partial charge is 0.239 e. The standard InChI is InChI=1S/C9H17N3O3.ClH/c1-15-5-3-10-6-9(14)12-4-2-11-8(13)7-12;/h10H,2-7H2,1H3,(H,11,13);1H. The summed E-state index contributed by atoms with van der Waals surface area (Å²) in [5.41, 5.74) is 0. The summed E-state index contributed by atoms with van der Waals surface area (Å²) >= 11 is 0. The zero-order valence-corrected chi connectivity index (χ0v) is 10.1. The Bertz CT molecular complexity index is 238. The van der Waals surface area contributed by atoms with E-state index in [4.69, 9.17) is 4.74 Å². The second-order valence-corrected chi connectivity index (χ2v) is 3.33. The van der Waals surface area contributed by atoms with Crippen LogP contribution in [0.1, 0.15) is 0 Å². The number of halogens is 1. The van der Waals surface area contributed by atoms with E-state index in [1.165, 1.54) is 0 Å². The quantitative estimate of drug-likeness (QED) is 0.590. The molecule has 0 saturated carbocycles. The van der Waals surface area contributed by atoms with E-state index >= 15 is 0 Å². The van der Waals surface area contributed by atoms with Gasteiger partial charge in [-0.15, -0.1) is 12.4 Å². The molecule has 0 aromatic rings. The van der Waals surface area contributed by atoms with Crippen molar-refractivity contribution in [2.45, 2.75) is 0 Å². The van der Waals surface area contributed by atoms with Crippen LogP contribution >= 0.6 is 12.4 Å². The van der Waals surface area contributed by atoms with Crippen LogP contribution < -0.4 is 10.6 Å². The topological polar surface area (TPSA) is 70.7 Å². The van der Waals surface area contributed by atoms with Crippen LogP contribution in [-0.2, 0) is 14.3 Å². The van der Waals surface area contributed by atoms with E-state index in [0.29, 0.717) is 26.2 Å². The molecule has 94 valence electrons. The van der Waals surface area contributed by atoms with Crippen LogP contribution in [0.25, 0.3) is 0 Å². The average Bonchev–Trinajstić information content (AvgIpc) is 2.24. The number of nitrogens with one attached hydrogen (secondary N) is 2. The number of nitrogens with zero attached hydrogens (tertiary/aromatic N) is 1. The lowest BCUT2D eigenvalue weighted by molar-refractivity contribution is -0.137. The first kappa shape index (κ1) is 15.2. The second-order valence-electron chi connectivity index (χ2n) is 3.33. The first-order valence-electron chi connectivity index (χ1n) is 4.98. The largest absolute Gasteiger partial charge is 0.383 e. The van der Waals surface area contributed by atoms with Gasteiger partial charge in [0.2, 0.25) is 11.8 Å². The average molecular weight is 252 g/mol. The maximum absolute atomic E-state index is 11.5. The highest BCUT2D eigenvalue weighted by atomic mass is 35.5. The van der Waals surface area contributed by atoms with E-state index in [-0.39, 0.29) is 37.3 Å². The summed E-state index contributed by atoms with van der Waals surface area (Å²) in [5, 5.41) is 5.62. The van der Waals surface area contributed by atoms with E-state index in [2.05, 4.69) is 10.6 Å². The van der Waals surface area contributed by atoms with Crippen molar-refractivity contribution in [1.29, 1.82) is 0 Å². The van der Waals surface area contributed by atoms with Gasteiger partial charge >= 0.3 is 0 Å². The summed E-state index contributed by atoms with van der Waals surface area (Å²) in [7, 11) is 1.61. The SMILES string of the molecule is COCCNCC(=O)N1CCNC(=O)C1.Cl. The number of rotatable bonds is 5. The van der Waals surface area contributed by atoms with Crippen LogP contribution in [0.4, 0.5) is 0 Å². The van der Waals surface area contributed by atoms with Gasteiger partial charge in [-0.3, -0.25) is 9.59 Å². The molecule has 1 rings (SSSR count). The summed E-state index contributed by atoms with van der Waals surface area (Å²) in [6.07, 6.45) is 0. The van der Waals surface area contributed by atoms with Gasteiger partial charge in [-0.1, -0.05) is 0 Å². The van der Waals surface area contributed by atoms with Gasteiger partial charge in [0.1, 0.15) is 0 Å². The molecule has 1 heterocycles. The molecule has 0 bridgehead atoms. The maximum atomic E-state index is 11.5. The van der Waals surface area contributed by atoms with Crippen LogP contribution in [0.2, 0.25) is 0 Å². The van der Waals surface area contributed by atoms with Crippen molar-refractivity contribution in [1.82, 2.24) is 15.5 Å². The molecule has 1 aliphatic heterocycles. The van der Waals surface area contributed by atoms with Crippen LogP contribution in [0.15, 0.2) is 0 Å². The molecule has 1 fully saturated rings. The molecule has 6 nitrogen and oxygen atoms in total. The molecule has 0 aliphatic carbocycles. The third kappa shape index (κ3) is 5.29. The predicted molar refractivity (Wildman–Crippen MR) is 61.6 cm³/mol. The van der Waals surface area contributed by atoms with Gasteiger partial charge in [0.25, 0.3) is 0 Å². The van der Waals surface area contributed by atoms with Crippen molar-refractivity contribution in [2.75, 3.05) is 46.4 Å². The van der Waals surface area contributed by atoms with E-state index in [0.717, 1.165) is 0 Å². The highest BCUT2D eigenvalue weighted by Crippen LogP contribution is 1.93. The normalized spacial score (nSPS) is 15.3. The summed E-state index contributed by atoms with van der Waals surface area (Å²) in [6, 6.07) is 0. The molecule has 2 N–H and O–H groups in total. The molecule has 0 aromatic carbocycles. The highest BCUT2D eigenvalue weighted by Gasteiger charge is 2.20. The monoisotopic (exact) mass is 251 g/mol. The number of carbonyl (C=O) groups is 2.